The van der Waals surface area contributed by atoms with Crippen molar-refractivity contribution in [1.29, 1.82) is 0 Å². The van der Waals surface area contributed by atoms with Gasteiger partial charge in [-0.2, -0.15) is 0 Å². The van der Waals surface area contributed by atoms with Crippen molar-refractivity contribution in [2.75, 3.05) is 21.3 Å². The van der Waals surface area contributed by atoms with Crippen molar-refractivity contribution in [1.82, 2.24) is 0 Å². The van der Waals surface area contributed by atoms with Crippen LogP contribution in [0.5, 0.6) is 5.75 Å². The maximum atomic E-state index is 12.4. The average Bonchev–Trinajstić information content (AvgIpc) is 2.50. The molecule has 3 atom stereocenters. The van der Waals surface area contributed by atoms with Crippen LogP contribution in [0.2, 0.25) is 0 Å². The fraction of sp³-hybridized carbons (Fsp3) is 0.632. The van der Waals surface area contributed by atoms with Gasteiger partial charge in [0.1, 0.15) is 5.75 Å². The highest BCUT2D eigenvalue weighted by Crippen LogP contribution is 2.52. The average molecular weight is 304 g/mol. The number of methoxy groups -OCH3 is 2. The number of carbonyl (C=O) groups excluding carboxylic acids is 1. The van der Waals surface area contributed by atoms with Crippen LogP contribution in [0.4, 0.5) is 0 Å². The lowest BCUT2D eigenvalue weighted by molar-refractivity contribution is 0.0755. The van der Waals surface area contributed by atoms with Gasteiger partial charge in [0.2, 0.25) is 0 Å². The molecule has 1 fully saturated rings. The van der Waals surface area contributed by atoms with E-state index < -0.39 is 0 Å². The van der Waals surface area contributed by atoms with E-state index in [9.17, 15) is 4.79 Å². The van der Waals surface area contributed by atoms with Crippen molar-refractivity contribution in [2.24, 2.45) is 11.8 Å². The second kappa shape index (κ2) is 6.82. The molecule has 0 aliphatic heterocycles. The quantitative estimate of drug-likeness (QED) is 0.778. The number of fused-ring (bicyclic) bond motifs is 3. The van der Waals surface area contributed by atoms with Crippen LogP contribution in [-0.2, 0) is 10.2 Å². The van der Waals surface area contributed by atoms with E-state index in [0.717, 1.165) is 11.3 Å². The zero-order chi connectivity index (χ0) is 16.3. The fourth-order valence-electron chi connectivity index (χ4n) is 4.26. The lowest BCUT2D eigenvalue weighted by Crippen LogP contribution is -2.45. The van der Waals surface area contributed by atoms with E-state index >= 15 is 0 Å². The number of benzene rings is 1. The summed E-state index contributed by atoms with van der Waals surface area (Å²) in [5.74, 6) is 2.25. The summed E-state index contributed by atoms with van der Waals surface area (Å²) in [6.45, 7) is 4.66. The van der Waals surface area contributed by atoms with Gasteiger partial charge in [0, 0.05) is 26.2 Å². The first kappa shape index (κ1) is 17.0. The molecule has 0 bridgehead atoms. The molecule has 0 aromatic heterocycles. The summed E-state index contributed by atoms with van der Waals surface area (Å²) in [4.78, 5) is 12.4. The van der Waals surface area contributed by atoms with E-state index in [1.165, 1.54) is 24.8 Å². The van der Waals surface area contributed by atoms with Crippen LogP contribution in [0.3, 0.4) is 0 Å². The van der Waals surface area contributed by atoms with E-state index in [1.54, 1.807) is 21.3 Å². The molecule has 2 aliphatic rings. The molecule has 1 saturated carbocycles. The molecule has 1 unspecified atom stereocenters. The summed E-state index contributed by atoms with van der Waals surface area (Å²) in [6.07, 6.45) is 4.44. The van der Waals surface area contributed by atoms with Gasteiger partial charge in [-0.25, -0.2) is 0 Å². The van der Waals surface area contributed by atoms with Gasteiger partial charge in [0.05, 0.1) is 7.11 Å². The van der Waals surface area contributed by atoms with E-state index in [-0.39, 0.29) is 5.41 Å². The summed E-state index contributed by atoms with van der Waals surface area (Å²) in [7, 11) is 4.90. The lowest BCUT2D eigenvalue weighted by atomic mass is 9.55. The molecular formula is C19H28O3. The third-order valence-electron chi connectivity index (χ3n) is 5.41. The standard InChI is InChI=1S/C17H22O2.C2H6O/c1-11-5-4-8-17(2)14-7-6-12(19-3)9-13(14)16(18)10-15(11)17;1-3-2/h6-7,9,11,15H,4-5,8,10H2,1-3H3;1-2H3/t11-,15?,17+;/m0./s1. The van der Waals surface area contributed by atoms with Crippen molar-refractivity contribution < 1.29 is 14.3 Å². The minimum atomic E-state index is 0.174. The van der Waals surface area contributed by atoms with Gasteiger partial charge in [-0.1, -0.05) is 32.8 Å². The molecule has 1 aromatic rings. The second-order valence-electron chi connectivity index (χ2n) is 6.84. The lowest BCUT2D eigenvalue weighted by Gasteiger charge is -2.49. The molecule has 0 spiro atoms. The van der Waals surface area contributed by atoms with Gasteiger partial charge in [-0.15, -0.1) is 0 Å². The number of Topliss-reactive ketones (excluding diaryl/α,β-unsaturated/α-hetero) is 1. The Balaban J connectivity index is 0.000000545. The van der Waals surface area contributed by atoms with Crippen LogP contribution in [0.1, 0.15) is 55.5 Å². The summed E-state index contributed by atoms with van der Waals surface area (Å²) in [6, 6.07) is 6.05. The van der Waals surface area contributed by atoms with E-state index in [2.05, 4.69) is 24.7 Å². The zero-order valence-electron chi connectivity index (χ0n) is 14.4. The Morgan fingerprint density at radius 3 is 2.55 bits per heavy atom. The highest BCUT2D eigenvalue weighted by Gasteiger charge is 2.47. The molecule has 0 amide bonds. The Hall–Kier alpha value is -1.35. The molecule has 0 radical (unpaired) electrons. The van der Waals surface area contributed by atoms with E-state index in [4.69, 9.17) is 4.74 Å². The maximum absolute atomic E-state index is 12.4. The molecule has 1 aromatic carbocycles. The molecule has 3 heteroatoms. The van der Waals surface area contributed by atoms with Gasteiger partial charge in [-0.3, -0.25) is 4.79 Å². The molecule has 3 nitrogen and oxygen atoms in total. The van der Waals surface area contributed by atoms with Crippen LogP contribution in [0.15, 0.2) is 18.2 Å². The number of rotatable bonds is 1. The molecule has 2 aliphatic carbocycles. The number of hydrogen-bond acceptors (Lipinski definition) is 3. The summed E-state index contributed by atoms with van der Waals surface area (Å²) < 4.78 is 9.52. The van der Waals surface area contributed by atoms with E-state index in [1.807, 2.05) is 12.1 Å². The van der Waals surface area contributed by atoms with Crippen LogP contribution in [0, 0.1) is 11.8 Å². The molecule has 22 heavy (non-hydrogen) atoms. The zero-order valence-corrected chi connectivity index (χ0v) is 14.4. The minimum absolute atomic E-state index is 0.174. The van der Waals surface area contributed by atoms with Crippen molar-refractivity contribution in [3.8, 4) is 5.75 Å². The smallest absolute Gasteiger partial charge is 0.163 e. The Bertz CT molecular complexity index is 537. The maximum Gasteiger partial charge on any atom is 0.163 e. The fourth-order valence-corrected chi connectivity index (χ4v) is 4.26. The molecule has 122 valence electrons. The highest BCUT2D eigenvalue weighted by molar-refractivity contribution is 5.99. The SMILES string of the molecule is COC.COc1ccc2c(c1)C(=O)CC1[C@@H](C)CCC[C@]21C. The Morgan fingerprint density at radius 1 is 1.23 bits per heavy atom. The number of ether oxygens (including phenoxy) is 2. The van der Waals surface area contributed by atoms with Crippen molar-refractivity contribution in [3.63, 3.8) is 0 Å². The number of hydrogen-bond donors (Lipinski definition) is 0. The first-order valence-corrected chi connectivity index (χ1v) is 8.09. The summed E-state index contributed by atoms with van der Waals surface area (Å²) in [5.41, 5.74) is 2.32. The molecule has 0 N–H and O–H groups in total. The van der Waals surface area contributed by atoms with Gasteiger partial charge in [0.25, 0.3) is 0 Å². The predicted octanol–water partition coefficient (Wildman–Crippen LogP) is 4.24. The Labute approximate surface area is 134 Å². The van der Waals surface area contributed by atoms with Gasteiger partial charge < -0.3 is 9.47 Å². The Kier molecular flexibility index (Phi) is 5.28. The monoisotopic (exact) mass is 304 g/mol. The third-order valence-corrected chi connectivity index (χ3v) is 5.41. The van der Waals surface area contributed by atoms with Gasteiger partial charge in [-0.05, 0) is 41.4 Å². The summed E-state index contributed by atoms with van der Waals surface area (Å²) in [5, 5.41) is 0. The van der Waals surface area contributed by atoms with Crippen LogP contribution in [0.25, 0.3) is 0 Å². The summed E-state index contributed by atoms with van der Waals surface area (Å²) >= 11 is 0. The second-order valence-corrected chi connectivity index (χ2v) is 6.84. The Morgan fingerprint density at radius 2 is 1.91 bits per heavy atom. The molecule has 0 saturated heterocycles. The van der Waals surface area contributed by atoms with Crippen molar-refractivity contribution in [3.05, 3.63) is 29.3 Å². The van der Waals surface area contributed by atoms with Crippen molar-refractivity contribution >= 4 is 5.78 Å². The first-order chi connectivity index (χ1) is 10.5. The van der Waals surface area contributed by atoms with Gasteiger partial charge >= 0.3 is 0 Å². The number of ketones is 1. The van der Waals surface area contributed by atoms with Gasteiger partial charge in [0.15, 0.2) is 5.78 Å². The largest absolute Gasteiger partial charge is 0.497 e. The highest BCUT2D eigenvalue weighted by atomic mass is 16.5. The topological polar surface area (TPSA) is 35.5 Å². The molecule has 0 heterocycles. The third kappa shape index (κ3) is 2.91. The van der Waals surface area contributed by atoms with Crippen LogP contribution in [-0.4, -0.2) is 27.1 Å². The van der Waals surface area contributed by atoms with Crippen LogP contribution < -0.4 is 4.74 Å². The predicted molar refractivity (Wildman–Crippen MR) is 88.7 cm³/mol. The molecular weight excluding hydrogens is 276 g/mol. The first-order valence-electron chi connectivity index (χ1n) is 8.09. The number of carbonyl (C=O) groups is 1. The van der Waals surface area contributed by atoms with Crippen LogP contribution >= 0.6 is 0 Å². The molecule has 3 rings (SSSR count). The van der Waals surface area contributed by atoms with E-state index in [0.29, 0.717) is 24.0 Å². The minimum Gasteiger partial charge on any atom is -0.497 e. The normalized spacial score (nSPS) is 29.8. The van der Waals surface area contributed by atoms with Crippen molar-refractivity contribution in [2.45, 2.75) is 44.9 Å².